The monoisotopic (exact) mass is 499 g/mol. The van der Waals surface area contributed by atoms with E-state index in [1.807, 2.05) is 35.9 Å². The third kappa shape index (κ3) is 4.21. The number of carbonyl (C=O) groups is 1. The molecular weight excluding hydrogens is 477 g/mol. The highest BCUT2D eigenvalue weighted by molar-refractivity contribution is 7.22. The second-order valence-corrected chi connectivity index (χ2v) is 9.49. The van der Waals surface area contributed by atoms with Crippen molar-refractivity contribution < 1.29 is 13.9 Å². The van der Waals surface area contributed by atoms with Crippen LogP contribution in [0.15, 0.2) is 42.5 Å². The number of hydrogen-bond acceptors (Lipinski definition) is 6. The van der Waals surface area contributed by atoms with Crippen molar-refractivity contribution in [1.29, 1.82) is 0 Å². The number of aromatic nitrogens is 3. The van der Waals surface area contributed by atoms with Gasteiger partial charge in [0, 0.05) is 26.2 Å². The van der Waals surface area contributed by atoms with Crippen molar-refractivity contribution in [2.24, 2.45) is 0 Å². The fourth-order valence-electron chi connectivity index (χ4n) is 4.11. The minimum absolute atomic E-state index is 0.135. The van der Waals surface area contributed by atoms with Crippen LogP contribution in [0.4, 0.5) is 9.52 Å². The molecule has 1 saturated heterocycles. The maximum absolute atomic E-state index is 13.4. The van der Waals surface area contributed by atoms with E-state index in [1.54, 1.807) is 23.3 Å². The maximum Gasteiger partial charge on any atom is 0.255 e. The van der Waals surface area contributed by atoms with Crippen LogP contribution in [0.25, 0.3) is 16.0 Å². The predicted octanol–water partition coefficient (Wildman–Crippen LogP) is 4.94. The molecule has 1 fully saturated rings. The topological polar surface area (TPSA) is 63.5 Å². The number of nitrogens with zero attached hydrogens (tertiary/aromatic N) is 5. The smallest absolute Gasteiger partial charge is 0.255 e. The van der Waals surface area contributed by atoms with Crippen molar-refractivity contribution in [2.75, 3.05) is 38.2 Å². The summed E-state index contributed by atoms with van der Waals surface area (Å²) in [5.41, 5.74) is 2.98. The average molecular weight is 500 g/mol. The molecule has 0 saturated carbocycles. The van der Waals surface area contributed by atoms with E-state index in [0.29, 0.717) is 25.2 Å². The fraction of sp³-hybridized carbons (Fsp3) is 0.292. The molecule has 34 heavy (non-hydrogen) atoms. The van der Waals surface area contributed by atoms with Gasteiger partial charge in [-0.3, -0.25) is 4.79 Å². The van der Waals surface area contributed by atoms with Crippen LogP contribution in [0.5, 0.6) is 5.75 Å². The van der Waals surface area contributed by atoms with E-state index in [0.717, 1.165) is 45.6 Å². The number of methoxy groups -OCH3 is 1. The van der Waals surface area contributed by atoms with Crippen molar-refractivity contribution in [3.63, 3.8) is 0 Å². The van der Waals surface area contributed by atoms with E-state index in [1.165, 1.54) is 18.2 Å². The zero-order valence-corrected chi connectivity index (χ0v) is 20.4. The molecule has 0 radical (unpaired) electrons. The molecule has 1 aliphatic rings. The lowest BCUT2D eigenvalue weighted by molar-refractivity contribution is 0.0767. The van der Waals surface area contributed by atoms with Gasteiger partial charge in [-0.15, -0.1) is 0 Å². The van der Waals surface area contributed by atoms with Gasteiger partial charge in [0.2, 0.25) is 0 Å². The van der Waals surface area contributed by atoms with Crippen LogP contribution in [0.3, 0.4) is 0 Å². The van der Waals surface area contributed by atoms with Crippen LogP contribution >= 0.6 is 22.9 Å². The Labute approximate surface area is 205 Å². The summed E-state index contributed by atoms with van der Waals surface area (Å²) in [5.74, 6) is 0.151. The Kier molecular flexibility index (Phi) is 6.14. The van der Waals surface area contributed by atoms with E-state index < -0.39 is 5.82 Å². The summed E-state index contributed by atoms with van der Waals surface area (Å²) in [7, 11) is 1.64. The van der Waals surface area contributed by atoms with Gasteiger partial charge in [-0.05, 0) is 55.8 Å². The number of thiazole rings is 1. The summed E-state index contributed by atoms with van der Waals surface area (Å²) in [6.45, 7) is 4.56. The summed E-state index contributed by atoms with van der Waals surface area (Å²) in [5, 5.41) is 5.72. The van der Waals surface area contributed by atoms with Crippen LogP contribution in [0.2, 0.25) is 5.02 Å². The lowest BCUT2D eigenvalue weighted by Crippen LogP contribution is -2.35. The zero-order chi connectivity index (χ0) is 23.8. The SMILES string of the molecule is COc1ccc(-n2nc(C)c3sc(N4CCCN(C(=O)c5ccc(F)cc5Cl)CC4)nc32)cc1. The molecule has 0 spiro atoms. The van der Waals surface area contributed by atoms with Gasteiger partial charge in [-0.2, -0.15) is 10.1 Å². The minimum atomic E-state index is -0.456. The summed E-state index contributed by atoms with van der Waals surface area (Å²) < 4.78 is 21.5. The highest BCUT2D eigenvalue weighted by Gasteiger charge is 2.25. The van der Waals surface area contributed by atoms with E-state index in [2.05, 4.69) is 10.00 Å². The first-order valence-corrected chi connectivity index (χ1v) is 12.1. The highest BCUT2D eigenvalue weighted by Crippen LogP contribution is 2.33. The molecule has 0 atom stereocenters. The summed E-state index contributed by atoms with van der Waals surface area (Å²) in [6.07, 6.45) is 0.796. The van der Waals surface area contributed by atoms with Crippen LogP contribution in [0, 0.1) is 12.7 Å². The lowest BCUT2D eigenvalue weighted by Gasteiger charge is -2.22. The van der Waals surface area contributed by atoms with E-state index >= 15 is 0 Å². The molecule has 0 aliphatic carbocycles. The van der Waals surface area contributed by atoms with Crippen LogP contribution < -0.4 is 9.64 Å². The minimum Gasteiger partial charge on any atom is -0.497 e. The Morgan fingerprint density at radius 1 is 1.12 bits per heavy atom. The number of hydrogen-bond donors (Lipinski definition) is 0. The molecule has 0 N–H and O–H groups in total. The number of ether oxygens (including phenoxy) is 1. The molecule has 1 amide bonds. The number of anilines is 1. The number of amides is 1. The molecule has 1 aliphatic heterocycles. The molecule has 3 heterocycles. The van der Waals surface area contributed by atoms with Crippen molar-refractivity contribution in [2.45, 2.75) is 13.3 Å². The Hall–Kier alpha value is -3.17. The molecule has 2 aromatic carbocycles. The largest absolute Gasteiger partial charge is 0.497 e. The van der Waals surface area contributed by atoms with Gasteiger partial charge in [0.05, 0.1) is 33.8 Å². The van der Waals surface area contributed by atoms with Gasteiger partial charge >= 0.3 is 0 Å². The lowest BCUT2D eigenvalue weighted by atomic mass is 10.2. The zero-order valence-electron chi connectivity index (χ0n) is 18.8. The summed E-state index contributed by atoms with van der Waals surface area (Å²) >= 11 is 7.73. The first-order valence-electron chi connectivity index (χ1n) is 10.9. The molecule has 0 bridgehead atoms. The van der Waals surface area contributed by atoms with Crippen molar-refractivity contribution in [3.8, 4) is 11.4 Å². The van der Waals surface area contributed by atoms with E-state index in [-0.39, 0.29) is 10.9 Å². The predicted molar refractivity (Wildman–Crippen MR) is 132 cm³/mol. The maximum atomic E-state index is 13.4. The molecular formula is C24H23ClFN5O2S. The highest BCUT2D eigenvalue weighted by atomic mass is 35.5. The Bertz CT molecular complexity index is 1350. The van der Waals surface area contributed by atoms with Crippen LogP contribution in [-0.4, -0.2) is 58.9 Å². The number of aryl methyl sites for hydroxylation is 1. The molecule has 10 heteroatoms. The molecule has 0 unspecified atom stereocenters. The quantitative estimate of drug-likeness (QED) is 0.398. The number of fused-ring (bicyclic) bond motifs is 1. The van der Waals surface area contributed by atoms with Gasteiger partial charge in [0.15, 0.2) is 10.8 Å². The van der Waals surface area contributed by atoms with E-state index in [4.69, 9.17) is 21.3 Å². The van der Waals surface area contributed by atoms with Crippen LogP contribution in [0.1, 0.15) is 22.5 Å². The van der Waals surface area contributed by atoms with Gasteiger partial charge in [-0.1, -0.05) is 22.9 Å². The third-order valence-electron chi connectivity index (χ3n) is 5.91. The van der Waals surface area contributed by atoms with Crippen molar-refractivity contribution in [1.82, 2.24) is 19.7 Å². The summed E-state index contributed by atoms with van der Waals surface area (Å²) in [6, 6.07) is 11.6. The number of carbonyl (C=O) groups excluding carboxylic acids is 1. The van der Waals surface area contributed by atoms with Crippen molar-refractivity contribution in [3.05, 3.63) is 64.6 Å². The van der Waals surface area contributed by atoms with Crippen LogP contribution in [-0.2, 0) is 0 Å². The van der Waals surface area contributed by atoms with E-state index in [9.17, 15) is 9.18 Å². The summed E-state index contributed by atoms with van der Waals surface area (Å²) in [4.78, 5) is 21.9. The molecule has 5 rings (SSSR count). The Balaban J connectivity index is 1.36. The number of halogens is 2. The number of rotatable bonds is 4. The molecule has 4 aromatic rings. The van der Waals surface area contributed by atoms with Gasteiger partial charge < -0.3 is 14.5 Å². The second-order valence-electron chi connectivity index (χ2n) is 8.10. The standard InChI is InChI=1S/C24H23ClFN5O2S/c1-15-21-22(31(28-15)17-5-7-18(33-2)8-6-17)27-24(34-21)30-11-3-10-29(12-13-30)23(32)19-9-4-16(26)14-20(19)25/h4-9,14H,3,10-13H2,1-2H3. The fourth-order valence-corrected chi connectivity index (χ4v) is 5.39. The first kappa shape index (κ1) is 22.6. The third-order valence-corrected chi connectivity index (χ3v) is 7.44. The van der Waals surface area contributed by atoms with Gasteiger partial charge in [0.25, 0.3) is 5.91 Å². The van der Waals surface area contributed by atoms with Gasteiger partial charge in [-0.25, -0.2) is 9.07 Å². The number of benzene rings is 2. The molecule has 176 valence electrons. The first-order chi connectivity index (χ1) is 16.4. The normalized spacial score (nSPS) is 14.5. The average Bonchev–Trinajstić information content (AvgIpc) is 3.29. The van der Waals surface area contributed by atoms with Crippen molar-refractivity contribution >= 4 is 44.3 Å². The Morgan fingerprint density at radius 2 is 1.91 bits per heavy atom. The second kappa shape index (κ2) is 9.23. The molecule has 2 aromatic heterocycles. The molecule has 7 nitrogen and oxygen atoms in total. The Morgan fingerprint density at radius 3 is 2.65 bits per heavy atom. The van der Waals surface area contributed by atoms with Gasteiger partial charge in [0.1, 0.15) is 11.6 Å².